The fourth-order valence-corrected chi connectivity index (χ4v) is 4.92. The van der Waals surface area contributed by atoms with Crippen LogP contribution in [0.3, 0.4) is 0 Å². The summed E-state index contributed by atoms with van der Waals surface area (Å²) in [4.78, 5) is 35.6. The van der Waals surface area contributed by atoms with E-state index in [2.05, 4.69) is 5.63 Å². The van der Waals surface area contributed by atoms with E-state index >= 15 is 0 Å². The molecule has 1 unspecified atom stereocenters. The Hall–Kier alpha value is 0.310. The second-order valence-electron chi connectivity index (χ2n) is 3.21. The molecule has 0 bridgehead atoms. The average molecular weight is 290 g/mol. The van der Waals surface area contributed by atoms with Crippen molar-refractivity contribution in [1.82, 2.24) is 0 Å². The molecule has 0 amide bonds. The van der Waals surface area contributed by atoms with Crippen molar-refractivity contribution in [3.63, 3.8) is 0 Å². The van der Waals surface area contributed by atoms with Crippen LogP contribution in [0.25, 0.3) is 0 Å². The molecule has 10 heteroatoms. The Morgan fingerprint density at radius 3 is 1.88 bits per heavy atom. The average Bonchev–Trinajstić information content (AvgIpc) is 1.99. The molecule has 0 aromatic rings. The van der Waals surface area contributed by atoms with Crippen molar-refractivity contribution in [2.24, 2.45) is 5.92 Å². The molecule has 0 saturated heterocycles. The van der Waals surface area contributed by atoms with Gasteiger partial charge < -0.3 is 0 Å². The van der Waals surface area contributed by atoms with Crippen LogP contribution < -0.4 is 0 Å². The van der Waals surface area contributed by atoms with E-state index < -0.39 is 34.4 Å². The van der Waals surface area contributed by atoms with E-state index in [0.717, 1.165) is 0 Å². The second kappa shape index (κ2) is 6.30. The number of hydrogen-bond donors (Lipinski definition) is 4. The summed E-state index contributed by atoms with van der Waals surface area (Å²) >= 11 is 0. The zero-order chi connectivity index (χ0) is 13.0. The van der Waals surface area contributed by atoms with Crippen molar-refractivity contribution in [3.8, 4) is 5.63 Å². The molecule has 0 aliphatic rings. The molecule has 0 saturated carbocycles. The van der Waals surface area contributed by atoms with Gasteiger partial charge in [-0.15, -0.1) is 0 Å². The maximum absolute atomic E-state index is 11.0. The first-order chi connectivity index (χ1) is 7.14. The molecule has 0 aliphatic heterocycles. The Labute approximate surface area is 93.7 Å². The summed E-state index contributed by atoms with van der Waals surface area (Å²) in [6, 6.07) is 0. The third-order valence-corrected chi connectivity index (χ3v) is 6.21. The van der Waals surface area contributed by atoms with E-state index in [1.165, 1.54) is 0 Å². The molecule has 0 fully saturated rings. The molecule has 0 radical (unpaired) electrons. The van der Waals surface area contributed by atoms with Gasteiger partial charge in [0.05, 0.1) is 0 Å². The van der Waals surface area contributed by atoms with Crippen LogP contribution in [0.4, 0.5) is 0 Å². The van der Waals surface area contributed by atoms with Gasteiger partial charge in [0.15, 0.2) is 0 Å². The van der Waals surface area contributed by atoms with E-state index in [-0.39, 0.29) is 6.42 Å². The molecule has 94 valence electrons. The predicted molar refractivity (Wildman–Crippen MR) is 57.8 cm³/mol. The van der Waals surface area contributed by atoms with Crippen LogP contribution in [0, 0.1) is 11.5 Å². The quantitative estimate of drug-likeness (QED) is 0.561. The Kier molecular flexibility index (Phi) is 6.42. The normalized spacial score (nSPS) is 14.6. The molecule has 0 aliphatic carbocycles. The van der Waals surface area contributed by atoms with Crippen molar-refractivity contribution in [3.05, 3.63) is 0 Å². The summed E-state index contributed by atoms with van der Waals surface area (Å²) in [7, 11) is -10.6. The van der Waals surface area contributed by atoms with Gasteiger partial charge in [-0.05, 0) is 0 Å². The molecule has 7 nitrogen and oxygen atoms in total. The predicted octanol–water partition coefficient (Wildman–Crippen LogP) is 1.34. The van der Waals surface area contributed by atoms with Crippen LogP contribution >= 0.6 is 23.1 Å². The molecule has 4 N–H and O–H groups in total. The van der Waals surface area contributed by atoms with Gasteiger partial charge in [-0.3, -0.25) is 0 Å². The Bertz CT molecular complexity index is 392. The van der Waals surface area contributed by atoms with Crippen LogP contribution in [-0.4, -0.2) is 25.0 Å². The Morgan fingerprint density at radius 1 is 1.19 bits per heavy atom. The van der Waals surface area contributed by atoms with Crippen molar-refractivity contribution >= 4 is 23.1 Å². The van der Waals surface area contributed by atoms with Crippen molar-refractivity contribution in [2.45, 2.75) is 25.2 Å². The minimum absolute atomic E-state index is 0.0934. The van der Waals surface area contributed by atoms with Gasteiger partial charge in [0.2, 0.25) is 0 Å². The van der Waals surface area contributed by atoms with Crippen LogP contribution in [0.1, 0.15) is 19.8 Å². The first-order valence-electron chi connectivity index (χ1n) is 4.33. The second-order valence-corrected chi connectivity index (χ2v) is 7.52. The maximum atomic E-state index is 11.0. The first-order valence-corrected chi connectivity index (χ1v) is 8.50. The molecule has 0 heterocycles. The zero-order valence-electron chi connectivity index (χ0n) is 8.42. The van der Waals surface area contributed by atoms with Crippen molar-refractivity contribution in [2.75, 3.05) is 0 Å². The van der Waals surface area contributed by atoms with E-state index in [0.29, 0.717) is 6.42 Å². The fourth-order valence-electron chi connectivity index (χ4n) is 1.32. The molecular weight excluding hydrogens is 277 g/mol. The van der Waals surface area contributed by atoms with Crippen LogP contribution in [0.2, 0.25) is 0 Å². The van der Waals surface area contributed by atoms with Crippen LogP contribution in [-0.2, 0) is 13.7 Å². The standard InChI is InChI=1S/C6H13O7P3/c1-2-3-5(4-14-7)6(15(8,9)10)16(11,12)13/h5-6H,2-3H2,1H3,(H2,8,9,10)(H2,11,12,13). The van der Waals surface area contributed by atoms with Gasteiger partial charge >= 0.3 is 93.1 Å². The molecular formula is C6H13O7P3. The van der Waals surface area contributed by atoms with E-state index in [1.807, 2.05) is 0 Å². The van der Waals surface area contributed by atoms with Gasteiger partial charge in [0.1, 0.15) is 0 Å². The molecule has 1 atom stereocenters. The Balaban J connectivity index is 5.45. The number of rotatable bonds is 5. The summed E-state index contributed by atoms with van der Waals surface area (Å²) in [6.07, 6.45) is 0.528. The van der Waals surface area contributed by atoms with Gasteiger partial charge in [0, 0.05) is 0 Å². The molecule has 0 spiro atoms. The van der Waals surface area contributed by atoms with Gasteiger partial charge in [0.25, 0.3) is 0 Å². The first kappa shape index (κ1) is 16.3. The monoisotopic (exact) mass is 290 g/mol. The van der Waals surface area contributed by atoms with Crippen molar-refractivity contribution < 1.29 is 33.3 Å². The topological polar surface area (TPSA) is 132 Å². The van der Waals surface area contributed by atoms with E-state index in [9.17, 15) is 13.7 Å². The SMILES string of the molecule is CCCC(C#P=O)C(P(=O)(O)O)P(=O)(O)O. The van der Waals surface area contributed by atoms with Crippen molar-refractivity contribution in [1.29, 1.82) is 0 Å². The molecule has 0 aromatic carbocycles. The summed E-state index contributed by atoms with van der Waals surface area (Å²) < 4.78 is 32.4. The minimum atomic E-state index is -4.98. The third-order valence-electron chi connectivity index (χ3n) is 1.87. The van der Waals surface area contributed by atoms with Gasteiger partial charge in [-0.1, -0.05) is 0 Å². The zero-order valence-corrected chi connectivity index (χ0v) is 11.1. The molecule has 0 rings (SSSR count). The number of hydrogen-bond acceptors (Lipinski definition) is 3. The summed E-state index contributed by atoms with van der Waals surface area (Å²) in [5.74, 6) is -1.20. The van der Waals surface area contributed by atoms with Gasteiger partial charge in [-0.2, -0.15) is 0 Å². The summed E-state index contributed by atoms with van der Waals surface area (Å²) in [5.41, 5.74) is 2.13. The van der Waals surface area contributed by atoms with Crippen LogP contribution in [0.5, 0.6) is 0 Å². The third kappa shape index (κ3) is 5.09. The molecule has 16 heavy (non-hydrogen) atoms. The summed E-state index contributed by atoms with van der Waals surface area (Å²) in [6.45, 7) is 1.67. The Morgan fingerprint density at radius 2 is 1.62 bits per heavy atom. The van der Waals surface area contributed by atoms with Gasteiger partial charge in [-0.25, -0.2) is 0 Å². The fraction of sp³-hybridized carbons (Fsp3) is 0.833. The molecule has 0 aromatic heterocycles. The summed E-state index contributed by atoms with van der Waals surface area (Å²) in [5, 5.41) is -2.17. The van der Waals surface area contributed by atoms with E-state index in [4.69, 9.17) is 19.6 Å². The van der Waals surface area contributed by atoms with Crippen LogP contribution in [0.15, 0.2) is 0 Å². The van der Waals surface area contributed by atoms with E-state index in [1.54, 1.807) is 6.92 Å².